The van der Waals surface area contributed by atoms with Crippen LogP contribution in [0, 0.1) is 0 Å². The normalized spacial score (nSPS) is 18.3. The van der Waals surface area contributed by atoms with E-state index < -0.39 is 13.0 Å². The fourth-order valence-electron chi connectivity index (χ4n) is 3.27. The van der Waals surface area contributed by atoms with Crippen LogP contribution < -0.4 is 0 Å². The van der Waals surface area contributed by atoms with Crippen molar-refractivity contribution in [1.82, 2.24) is 24.2 Å². The highest BCUT2D eigenvalue weighted by atomic mass is 19.3. The van der Waals surface area contributed by atoms with Gasteiger partial charge in [0.05, 0.1) is 6.04 Å². The Labute approximate surface area is 139 Å². The van der Waals surface area contributed by atoms with Gasteiger partial charge in [-0.25, -0.2) is 13.8 Å². The molecule has 1 amide bonds. The van der Waals surface area contributed by atoms with Crippen LogP contribution in [0.2, 0.25) is 0 Å². The number of hydrogen-bond acceptors (Lipinski definition) is 3. The molecule has 3 rings (SSSR count). The monoisotopic (exact) mass is 337 g/mol. The van der Waals surface area contributed by atoms with Crippen LogP contribution >= 0.6 is 0 Å². The zero-order chi connectivity index (χ0) is 17.1. The first-order chi connectivity index (χ1) is 11.6. The van der Waals surface area contributed by atoms with Gasteiger partial charge in [-0.15, -0.1) is 0 Å². The molecule has 2 aromatic heterocycles. The lowest BCUT2D eigenvalue weighted by Gasteiger charge is -2.34. The second-order valence-electron chi connectivity index (χ2n) is 5.94. The highest BCUT2D eigenvalue weighted by Gasteiger charge is 2.28. The van der Waals surface area contributed by atoms with Crippen molar-refractivity contribution in [2.75, 3.05) is 13.1 Å². The van der Waals surface area contributed by atoms with Gasteiger partial charge < -0.3 is 9.47 Å². The highest BCUT2D eigenvalue weighted by molar-refractivity contribution is 5.92. The van der Waals surface area contributed by atoms with Gasteiger partial charge in [0.25, 0.3) is 12.3 Å². The molecule has 0 spiro atoms. The van der Waals surface area contributed by atoms with Crippen molar-refractivity contribution in [2.45, 2.75) is 45.2 Å². The predicted octanol–water partition coefficient (Wildman–Crippen LogP) is 2.38. The van der Waals surface area contributed by atoms with Crippen LogP contribution in [0.4, 0.5) is 8.78 Å². The van der Waals surface area contributed by atoms with Crippen molar-refractivity contribution in [2.24, 2.45) is 0 Å². The predicted molar refractivity (Wildman–Crippen MR) is 84.0 cm³/mol. The fourth-order valence-corrected chi connectivity index (χ4v) is 3.27. The van der Waals surface area contributed by atoms with E-state index in [2.05, 4.69) is 14.6 Å². The lowest BCUT2D eigenvalue weighted by Crippen LogP contribution is -2.41. The summed E-state index contributed by atoms with van der Waals surface area (Å²) in [5.74, 6) is 0.757. The zero-order valence-corrected chi connectivity index (χ0v) is 13.6. The molecule has 0 unspecified atom stereocenters. The molecule has 130 valence electrons. The molecule has 1 atom stereocenters. The summed E-state index contributed by atoms with van der Waals surface area (Å²) in [5.41, 5.74) is 0.220. The second-order valence-corrected chi connectivity index (χ2v) is 5.94. The van der Waals surface area contributed by atoms with E-state index in [0.717, 1.165) is 29.8 Å². The summed E-state index contributed by atoms with van der Waals surface area (Å²) >= 11 is 0. The van der Waals surface area contributed by atoms with E-state index in [9.17, 15) is 13.6 Å². The average Bonchev–Trinajstić information content (AvgIpc) is 3.22. The summed E-state index contributed by atoms with van der Waals surface area (Å²) in [6.45, 7) is 2.67. The second kappa shape index (κ2) is 7.11. The Balaban J connectivity index is 1.75. The van der Waals surface area contributed by atoms with Gasteiger partial charge in [0.2, 0.25) is 0 Å². The molecular weight excluding hydrogens is 316 g/mol. The van der Waals surface area contributed by atoms with Crippen molar-refractivity contribution in [3.63, 3.8) is 0 Å². The molecule has 1 fully saturated rings. The summed E-state index contributed by atoms with van der Waals surface area (Å²) < 4.78 is 28.4. The summed E-state index contributed by atoms with van der Waals surface area (Å²) in [6, 6.07) is 1.68. The number of piperidine rings is 1. The highest BCUT2D eigenvalue weighted by Crippen LogP contribution is 2.24. The lowest BCUT2D eigenvalue weighted by atomic mass is 10.0. The van der Waals surface area contributed by atoms with Gasteiger partial charge >= 0.3 is 0 Å². The van der Waals surface area contributed by atoms with Gasteiger partial charge in [0.15, 0.2) is 0 Å². The largest absolute Gasteiger partial charge is 0.335 e. The maximum Gasteiger partial charge on any atom is 0.272 e. The quantitative estimate of drug-likeness (QED) is 0.842. The summed E-state index contributed by atoms with van der Waals surface area (Å²) in [7, 11) is 0. The number of nitrogens with zero attached hydrogens (tertiary/aromatic N) is 5. The first-order valence-corrected chi connectivity index (χ1v) is 8.21. The molecule has 6 nitrogen and oxygen atoms in total. The minimum atomic E-state index is -2.54. The van der Waals surface area contributed by atoms with E-state index in [-0.39, 0.29) is 17.6 Å². The number of alkyl halides is 2. The maximum atomic E-state index is 12.7. The van der Waals surface area contributed by atoms with Crippen molar-refractivity contribution in [3.05, 3.63) is 36.2 Å². The van der Waals surface area contributed by atoms with E-state index in [1.807, 2.05) is 13.1 Å². The van der Waals surface area contributed by atoms with Gasteiger partial charge in [0.1, 0.15) is 18.1 Å². The summed E-state index contributed by atoms with van der Waals surface area (Å²) in [4.78, 5) is 18.8. The molecule has 2 aromatic rings. The first-order valence-electron chi connectivity index (χ1n) is 8.21. The molecule has 8 heteroatoms. The number of likely N-dealkylation sites (tertiary alicyclic amines) is 1. The van der Waals surface area contributed by atoms with Gasteiger partial charge in [-0.2, -0.15) is 5.10 Å². The molecule has 0 aliphatic carbocycles. The Morgan fingerprint density at radius 1 is 1.42 bits per heavy atom. The van der Waals surface area contributed by atoms with Crippen LogP contribution in [0.5, 0.6) is 0 Å². The van der Waals surface area contributed by atoms with Gasteiger partial charge in [-0.05, 0) is 18.9 Å². The Morgan fingerprint density at radius 2 is 2.25 bits per heavy atom. The summed E-state index contributed by atoms with van der Waals surface area (Å²) in [6.07, 6.45) is 5.25. The molecule has 1 saturated heterocycles. The smallest absolute Gasteiger partial charge is 0.272 e. The number of halogens is 2. The molecule has 0 N–H and O–H groups in total. The number of aromatic nitrogens is 4. The molecular formula is C16H21F2N5O. The third kappa shape index (κ3) is 3.32. The van der Waals surface area contributed by atoms with Crippen LogP contribution in [0.1, 0.15) is 42.1 Å². The molecule has 1 aliphatic heterocycles. The van der Waals surface area contributed by atoms with Crippen LogP contribution in [0.25, 0.3) is 0 Å². The maximum absolute atomic E-state index is 12.7. The molecule has 3 heterocycles. The van der Waals surface area contributed by atoms with Crippen LogP contribution in [-0.2, 0) is 13.0 Å². The summed E-state index contributed by atoms with van der Waals surface area (Å²) in [5, 5.41) is 3.84. The Morgan fingerprint density at radius 3 is 3.00 bits per heavy atom. The average molecular weight is 337 g/mol. The minimum absolute atomic E-state index is 0.173. The van der Waals surface area contributed by atoms with Crippen LogP contribution in [0.15, 0.2) is 24.7 Å². The minimum Gasteiger partial charge on any atom is -0.335 e. The van der Waals surface area contributed by atoms with Gasteiger partial charge in [0, 0.05) is 38.1 Å². The Kier molecular flexibility index (Phi) is 4.92. The van der Waals surface area contributed by atoms with Crippen LogP contribution in [-0.4, -0.2) is 49.7 Å². The van der Waals surface area contributed by atoms with E-state index in [1.165, 1.54) is 12.3 Å². The number of aryl methyl sites for hydroxylation is 1. The third-order valence-corrected chi connectivity index (χ3v) is 4.39. The number of rotatable bonds is 5. The lowest BCUT2D eigenvalue weighted by molar-refractivity contribution is 0.0654. The number of hydrogen-bond donors (Lipinski definition) is 0. The Bertz CT molecular complexity index is 696. The van der Waals surface area contributed by atoms with Gasteiger partial charge in [-0.3, -0.25) is 9.48 Å². The first kappa shape index (κ1) is 16.6. The van der Waals surface area contributed by atoms with Crippen molar-refractivity contribution < 1.29 is 13.6 Å². The Hall–Kier alpha value is -2.25. The standard InChI is InChI=1S/C16H21F2N5O/c1-2-15-19-7-9-22(15)12-4-3-8-21(10-12)16(24)13-5-6-20-23(13)11-14(17)18/h5-7,9,12,14H,2-4,8,10-11H2,1H3/t12-/m0/s1. The van der Waals surface area contributed by atoms with Crippen molar-refractivity contribution >= 4 is 5.91 Å². The van der Waals surface area contributed by atoms with Crippen molar-refractivity contribution in [1.29, 1.82) is 0 Å². The third-order valence-electron chi connectivity index (χ3n) is 4.39. The topological polar surface area (TPSA) is 56.0 Å². The fraction of sp³-hybridized carbons (Fsp3) is 0.562. The molecule has 0 radical (unpaired) electrons. The van der Waals surface area contributed by atoms with Crippen LogP contribution in [0.3, 0.4) is 0 Å². The molecule has 24 heavy (non-hydrogen) atoms. The van der Waals surface area contributed by atoms with E-state index in [0.29, 0.717) is 13.1 Å². The molecule has 0 saturated carbocycles. The van der Waals surface area contributed by atoms with E-state index >= 15 is 0 Å². The number of amides is 1. The number of imidazole rings is 1. The zero-order valence-electron chi connectivity index (χ0n) is 13.6. The number of carbonyl (C=O) groups excluding carboxylic acids is 1. The van der Waals surface area contributed by atoms with E-state index in [4.69, 9.17) is 0 Å². The van der Waals surface area contributed by atoms with E-state index in [1.54, 1.807) is 11.1 Å². The molecule has 0 bridgehead atoms. The SMILES string of the molecule is CCc1nccn1[C@H]1CCCN(C(=O)c2ccnn2CC(F)F)C1. The van der Waals surface area contributed by atoms with Gasteiger partial charge in [-0.1, -0.05) is 6.92 Å². The molecule has 0 aromatic carbocycles. The number of carbonyl (C=O) groups is 1. The molecule has 1 aliphatic rings. The van der Waals surface area contributed by atoms with Crippen molar-refractivity contribution in [3.8, 4) is 0 Å².